The van der Waals surface area contributed by atoms with Crippen molar-refractivity contribution >= 4 is 12.0 Å². The quantitative estimate of drug-likeness (QED) is 0.548. The molecule has 88 valence electrons. The number of aldehydes is 1. The lowest BCUT2D eigenvalue weighted by molar-refractivity contribution is 0.112. The van der Waals surface area contributed by atoms with Crippen molar-refractivity contribution in [2.45, 2.75) is 6.92 Å². The monoisotopic (exact) mass is 225 g/mol. The van der Waals surface area contributed by atoms with Crippen LogP contribution < -0.4 is 4.90 Å². The molecule has 0 spiro atoms. The molecule has 0 radical (unpaired) electrons. The molecule has 1 rings (SSSR count). The average molecular weight is 225 g/mol. The number of halogens is 1. The van der Waals surface area contributed by atoms with Crippen molar-refractivity contribution in [1.82, 2.24) is 0 Å². The van der Waals surface area contributed by atoms with Crippen LogP contribution in [-0.2, 0) is 4.74 Å². The van der Waals surface area contributed by atoms with E-state index < -0.39 is 5.82 Å². The summed E-state index contributed by atoms with van der Waals surface area (Å²) in [6.07, 6.45) is 0.543. The first kappa shape index (κ1) is 12.6. The van der Waals surface area contributed by atoms with E-state index in [-0.39, 0.29) is 5.56 Å². The highest BCUT2D eigenvalue weighted by Crippen LogP contribution is 2.20. The smallest absolute Gasteiger partial charge is 0.155 e. The molecule has 0 N–H and O–H groups in total. The van der Waals surface area contributed by atoms with Crippen molar-refractivity contribution in [3.05, 3.63) is 29.6 Å². The van der Waals surface area contributed by atoms with Gasteiger partial charge in [-0.05, 0) is 19.1 Å². The van der Waals surface area contributed by atoms with Crippen molar-refractivity contribution < 1.29 is 13.9 Å². The van der Waals surface area contributed by atoms with E-state index in [2.05, 4.69) is 0 Å². The summed E-state index contributed by atoms with van der Waals surface area (Å²) < 4.78 is 18.5. The Morgan fingerprint density at radius 2 is 2.25 bits per heavy atom. The van der Waals surface area contributed by atoms with Crippen LogP contribution in [0.5, 0.6) is 0 Å². The van der Waals surface area contributed by atoms with Gasteiger partial charge in [-0.1, -0.05) is 6.07 Å². The van der Waals surface area contributed by atoms with Gasteiger partial charge in [0.05, 0.1) is 17.9 Å². The molecule has 0 aliphatic rings. The van der Waals surface area contributed by atoms with Gasteiger partial charge in [0.2, 0.25) is 0 Å². The minimum atomic E-state index is -0.490. The minimum absolute atomic E-state index is 0.0986. The second-order valence-corrected chi connectivity index (χ2v) is 3.41. The third-order valence-electron chi connectivity index (χ3n) is 2.33. The number of hydrogen-bond acceptors (Lipinski definition) is 3. The van der Waals surface area contributed by atoms with Crippen molar-refractivity contribution in [2.24, 2.45) is 0 Å². The predicted molar refractivity (Wildman–Crippen MR) is 61.6 cm³/mol. The number of likely N-dealkylation sites (N-methyl/N-ethyl adjacent to an activating group) is 1. The van der Waals surface area contributed by atoms with E-state index in [0.717, 1.165) is 0 Å². The summed E-state index contributed by atoms with van der Waals surface area (Å²) in [5, 5.41) is 0. The van der Waals surface area contributed by atoms with Crippen molar-refractivity contribution in [2.75, 3.05) is 31.7 Å². The SMILES string of the molecule is CCOCCN(C)c1cccc(F)c1C=O. The molecule has 0 fully saturated rings. The van der Waals surface area contributed by atoms with E-state index in [1.807, 2.05) is 11.8 Å². The van der Waals surface area contributed by atoms with E-state index >= 15 is 0 Å². The number of carbonyl (C=O) groups is 1. The summed E-state index contributed by atoms with van der Waals surface area (Å²) in [5.74, 6) is -0.490. The van der Waals surface area contributed by atoms with E-state index in [1.54, 1.807) is 19.2 Å². The Bertz CT molecular complexity index is 355. The molecule has 1 aromatic carbocycles. The first-order valence-corrected chi connectivity index (χ1v) is 5.23. The standard InChI is InChI=1S/C12H16FNO2/c1-3-16-8-7-14(2)12-6-4-5-11(13)10(12)9-15/h4-6,9H,3,7-8H2,1-2H3. The van der Waals surface area contributed by atoms with Crippen LogP contribution >= 0.6 is 0 Å². The Balaban J connectivity index is 2.78. The lowest BCUT2D eigenvalue weighted by atomic mass is 10.1. The number of ether oxygens (including phenoxy) is 1. The van der Waals surface area contributed by atoms with Crippen LogP contribution in [0.25, 0.3) is 0 Å². The Morgan fingerprint density at radius 3 is 2.88 bits per heavy atom. The van der Waals surface area contributed by atoms with E-state index in [9.17, 15) is 9.18 Å². The first-order chi connectivity index (χ1) is 7.70. The number of benzene rings is 1. The van der Waals surface area contributed by atoms with Gasteiger partial charge in [0, 0.05) is 20.2 Å². The summed E-state index contributed by atoms with van der Waals surface area (Å²) in [5.41, 5.74) is 0.691. The zero-order chi connectivity index (χ0) is 12.0. The maximum absolute atomic E-state index is 13.3. The van der Waals surface area contributed by atoms with Crippen molar-refractivity contribution in [3.8, 4) is 0 Å². The fraction of sp³-hybridized carbons (Fsp3) is 0.417. The van der Waals surface area contributed by atoms with Gasteiger partial charge in [-0.25, -0.2) is 4.39 Å². The van der Waals surface area contributed by atoms with Crippen LogP contribution in [-0.4, -0.2) is 33.1 Å². The fourth-order valence-electron chi connectivity index (χ4n) is 1.44. The topological polar surface area (TPSA) is 29.5 Å². The summed E-state index contributed by atoms with van der Waals surface area (Å²) in [7, 11) is 1.81. The molecule has 0 aliphatic heterocycles. The van der Waals surface area contributed by atoms with Gasteiger partial charge in [0.25, 0.3) is 0 Å². The summed E-state index contributed by atoms with van der Waals surface area (Å²) in [6, 6.07) is 4.59. The normalized spacial score (nSPS) is 10.2. The number of carbonyl (C=O) groups excluding carboxylic acids is 1. The Labute approximate surface area is 94.8 Å². The Hall–Kier alpha value is -1.42. The van der Waals surface area contributed by atoms with Crippen LogP contribution in [0.1, 0.15) is 17.3 Å². The largest absolute Gasteiger partial charge is 0.380 e. The minimum Gasteiger partial charge on any atom is -0.380 e. The van der Waals surface area contributed by atoms with Crippen LogP contribution in [0.2, 0.25) is 0 Å². The van der Waals surface area contributed by atoms with Crippen molar-refractivity contribution in [3.63, 3.8) is 0 Å². The molecule has 0 saturated heterocycles. The second-order valence-electron chi connectivity index (χ2n) is 3.41. The second kappa shape index (κ2) is 6.23. The van der Waals surface area contributed by atoms with Crippen LogP contribution in [0.3, 0.4) is 0 Å². The molecule has 0 bridgehead atoms. The zero-order valence-corrected chi connectivity index (χ0v) is 9.57. The maximum atomic E-state index is 13.3. The third-order valence-corrected chi connectivity index (χ3v) is 2.33. The van der Waals surface area contributed by atoms with Gasteiger partial charge >= 0.3 is 0 Å². The van der Waals surface area contributed by atoms with Gasteiger partial charge in [-0.3, -0.25) is 4.79 Å². The third kappa shape index (κ3) is 3.03. The molecule has 3 nitrogen and oxygen atoms in total. The number of anilines is 1. The zero-order valence-electron chi connectivity index (χ0n) is 9.57. The lowest BCUT2D eigenvalue weighted by Crippen LogP contribution is -2.24. The molecule has 0 saturated carbocycles. The molecule has 16 heavy (non-hydrogen) atoms. The molecular formula is C12H16FNO2. The van der Waals surface area contributed by atoms with Crippen LogP contribution in [0.15, 0.2) is 18.2 Å². The molecule has 0 aliphatic carbocycles. The van der Waals surface area contributed by atoms with Gasteiger partial charge in [-0.15, -0.1) is 0 Å². The maximum Gasteiger partial charge on any atom is 0.155 e. The van der Waals surface area contributed by atoms with Gasteiger partial charge in [0.1, 0.15) is 5.82 Å². The summed E-state index contributed by atoms with van der Waals surface area (Å²) in [6.45, 7) is 3.75. The molecular weight excluding hydrogens is 209 g/mol. The highest BCUT2D eigenvalue weighted by molar-refractivity contribution is 5.84. The molecule has 4 heteroatoms. The molecule has 0 unspecified atom stereocenters. The Kier molecular flexibility index (Phi) is 4.92. The highest BCUT2D eigenvalue weighted by atomic mass is 19.1. The van der Waals surface area contributed by atoms with E-state index in [4.69, 9.17) is 4.74 Å². The average Bonchev–Trinajstić information content (AvgIpc) is 2.29. The predicted octanol–water partition coefficient (Wildman–Crippen LogP) is 2.11. The van der Waals surface area contributed by atoms with Crippen LogP contribution in [0, 0.1) is 5.82 Å². The first-order valence-electron chi connectivity index (χ1n) is 5.23. The molecule has 0 aromatic heterocycles. The molecule has 0 heterocycles. The number of hydrogen-bond donors (Lipinski definition) is 0. The van der Waals surface area contributed by atoms with Crippen molar-refractivity contribution in [1.29, 1.82) is 0 Å². The lowest BCUT2D eigenvalue weighted by Gasteiger charge is -2.20. The van der Waals surface area contributed by atoms with Gasteiger partial charge in [-0.2, -0.15) is 0 Å². The van der Waals surface area contributed by atoms with Gasteiger partial charge < -0.3 is 9.64 Å². The van der Waals surface area contributed by atoms with Gasteiger partial charge in [0.15, 0.2) is 6.29 Å². The number of rotatable bonds is 6. The fourth-order valence-corrected chi connectivity index (χ4v) is 1.44. The van der Waals surface area contributed by atoms with E-state index in [0.29, 0.717) is 31.7 Å². The summed E-state index contributed by atoms with van der Waals surface area (Å²) >= 11 is 0. The highest BCUT2D eigenvalue weighted by Gasteiger charge is 2.10. The molecule has 1 aromatic rings. The molecule has 0 amide bonds. The van der Waals surface area contributed by atoms with Crippen LogP contribution in [0.4, 0.5) is 10.1 Å². The Morgan fingerprint density at radius 1 is 1.50 bits per heavy atom. The molecule has 0 atom stereocenters. The number of nitrogens with zero attached hydrogens (tertiary/aromatic N) is 1. The van der Waals surface area contributed by atoms with E-state index in [1.165, 1.54) is 6.07 Å². The summed E-state index contributed by atoms with van der Waals surface area (Å²) in [4.78, 5) is 12.6.